The number of hydrogen-bond acceptors (Lipinski definition) is 6. The average molecular weight is 469 g/mol. The Morgan fingerprint density at radius 1 is 1.24 bits per heavy atom. The van der Waals surface area contributed by atoms with Crippen LogP contribution < -0.4 is 10.1 Å². The SMILES string of the molecule is Cc1ccccc1OCC(C)NC(=O)C1CCN(Cc2nc(-c3cccc(Cl)c3)no2)CC1. The van der Waals surface area contributed by atoms with Crippen LogP contribution in [0.5, 0.6) is 5.75 Å². The third-order valence-electron chi connectivity index (χ3n) is 5.84. The van der Waals surface area contributed by atoms with E-state index < -0.39 is 0 Å². The molecule has 1 fully saturated rings. The first-order chi connectivity index (χ1) is 16.0. The van der Waals surface area contributed by atoms with Crippen molar-refractivity contribution in [1.29, 1.82) is 0 Å². The lowest BCUT2D eigenvalue weighted by Crippen LogP contribution is -2.44. The molecule has 0 spiro atoms. The Morgan fingerprint density at radius 3 is 2.79 bits per heavy atom. The Labute approximate surface area is 199 Å². The van der Waals surface area contributed by atoms with Crippen LogP contribution in [0.25, 0.3) is 11.4 Å². The summed E-state index contributed by atoms with van der Waals surface area (Å²) >= 11 is 6.05. The second-order valence-corrected chi connectivity index (χ2v) is 9.00. The number of aromatic nitrogens is 2. The molecule has 1 aromatic heterocycles. The molecule has 1 aliphatic rings. The van der Waals surface area contributed by atoms with E-state index in [1.54, 1.807) is 0 Å². The van der Waals surface area contributed by atoms with E-state index in [1.165, 1.54) is 0 Å². The molecule has 1 atom stereocenters. The number of rotatable bonds is 8. The van der Waals surface area contributed by atoms with E-state index in [0.29, 0.717) is 29.9 Å². The predicted octanol–water partition coefficient (Wildman–Crippen LogP) is 4.49. The summed E-state index contributed by atoms with van der Waals surface area (Å²) in [6, 6.07) is 15.2. The fraction of sp³-hybridized carbons (Fsp3) is 0.400. The molecule has 0 aliphatic carbocycles. The number of hydrogen-bond donors (Lipinski definition) is 1. The van der Waals surface area contributed by atoms with E-state index in [4.69, 9.17) is 20.9 Å². The number of benzene rings is 2. The number of carbonyl (C=O) groups is 1. The predicted molar refractivity (Wildman–Crippen MR) is 127 cm³/mol. The molecule has 1 N–H and O–H groups in total. The van der Waals surface area contributed by atoms with Gasteiger partial charge in [0.05, 0.1) is 12.6 Å². The molecule has 33 heavy (non-hydrogen) atoms. The molecule has 1 aliphatic heterocycles. The van der Waals surface area contributed by atoms with Crippen molar-refractivity contribution in [2.24, 2.45) is 5.92 Å². The molecule has 0 radical (unpaired) electrons. The largest absolute Gasteiger partial charge is 0.491 e. The van der Waals surface area contributed by atoms with Gasteiger partial charge >= 0.3 is 0 Å². The number of aryl methyl sites for hydroxylation is 1. The molecular formula is C25H29ClN4O3. The van der Waals surface area contributed by atoms with Gasteiger partial charge in [-0.1, -0.05) is 47.1 Å². The first-order valence-electron chi connectivity index (χ1n) is 11.3. The summed E-state index contributed by atoms with van der Waals surface area (Å²) in [5, 5.41) is 7.80. The first-order valence-corrected chi connectivity index (χ1v) is 11.7. The van der Waals surface area contributed by atoms with E-state index in [2.05, 4.69) is 20.4 Å². The third kappa shape index (κ3) is 6.33. The van der Waals surface area contributed by atoms with Crippen molar-refractivity contribution in [2.75, 3.05) is 19.7 Å². The minimum absolute atomic E-state index is 0.00636. The topological polar surface area (TPSA) is 80.5 Å². The fourth-order valence-corrected chi connectivity index (χ4v) is 4.13. The highest BCUT2D eigenvalue weighted by atomic mass is 35.5. The Balaban J connectivity index is 1.21. The number of nitrogens with one attached hydrogen (secondary N) is 1. The van der Waals surface area contributed by atoms with E-state index in [0.717, 1.165) is 42.8 Å². The minimum atomic E-state index is -0.0570. The Kier molecular flexibility index (Phi) is 7.62. The molecule has 4 rings (SSSR count). The third-order valence-corrected chi connectivity index (χ3v) is 6.07. The summed E-state index contributed by atoms with van der Waals surface area (Å²) < 4.78 is 11.3. The van der Waals surface area contributed by atoms with Crippen LogP contribution in [0.15, 0.2) is 53.1 Å². The number of halogens is 1. The normalized spacial score (nSPS) is 15.8. The van der Waals surface area contributed by atoms with Crippen LogP contribution in [0, 0.1) is 12.8 Å². The van der Waals surface area contributed by atoms with Crippen LogP contribution >= 0.6 is 11.6 Å². The van der Waals surface area contributed by atoms with Gasteiger partial charge in [0.1, 0.15) is 12.4 Å². The second-order valence-electron chi connectivity index (χ2n) is 8.56. The first kappa shape index (κ1) is 23.3. The van der Waals surface area contributed by atoms with Gasteiger partial charge in [0, 0.05) is 16.5 Å². The van der Waals surface area contributed by atoms with Gasteiger partial charge in [0.2, 0.25) is 17.6 Å². The fourth-order valence-electron chi connectivity index (χ4n) is 3.94. The van der Waals surface area contributed by atoms with E-state index in [1.807, 2.05) is 62.4 Å². The molecule has 8 heteroatoms. The van der Waals surface area contributed by atoms with Crippen LogP contribution in [-0.4, -0.2) is 46.7 Å². The molecule has 1 unspecified atom stereocenters. The maximum absolute atomic E-state index is 12.7. The lowest BCUT2D eigenvalue weighted by molar-refractivity contribution is -0.127. The summed E-state index contributed by atoms with van der Waals surface area (Å²) in [7, 11) is 0. The number of carbonyl (C=O) groups excluding carboxylic acids is 1. The van der Waals surface area contributed by atoms with Gasteiger partial charge in [0.15, 0.2) is 0 Å². The number of likely N-dealkylation sites (tertiary alicyclic amines) is 1. The Bertz CT molecular complexity index is 1080. The molecule has 1 saturated heterocycles. The summed E-state index contributed by atoms with van der Waals surface area (Å²) in [6.07, 6.45) is 1.60. The van der Waals surface area contributed by atoms with Gasteiger partial charge in [0.25, 0.3) is 0 Å². The summed E-state index contributed by atoms with van der Waals surface area (Å²) in [5.41, 5.74) is 1.91. The van der Waals surface area contributed by atoms with Gasteiger partial charge in [-0.15, -0.1) is 0 Å². The molecule has 3 aromatic rings. The number of para-hydroxylation sites is 1. The number of ether oxygens (including phenoxy) is 1. The van der Waals surface area contributed by atoms with Crippen molar-refractivity contribution < 1.29 is 14.1 Å². The second kappa shape index (κ2) is 10.8. The van der Waals surface area contributed by atoms with Crippen molar-refractivity contribution in [3.8, 4) is 17.1 Å². The standard InChI is InChI=1S/C25H29ClN4O3/c1-17-6-3-4-9-22(17)32-16-18(2)27-25(31)19-10-12-30(13-11-19)15-23-28-24(29-33-23)20-7-5-8-21(26)14-20/h3-9,14,18-19H,10-13,15-16H2,1-2H3,(H,27,31). The van der Waals surface area contributed by atoms with Gasteiger partial charge in [-0.3, -0.25) is 9.69 Å². The number of nitrogens with zero attached hydrogens (tertiary/aromatic N) is 3. The lowest BCUT2D eigenvalue weighted by atomic mass is 9.95. The highest BCUT2D eigenvalue weighted by Crippen LogP contribution is 2.22. The van der Waals surface area contributed by atoms with Crippen molar-refractivity contribution in [3.05, 3.63) is 65.0 Å². The summed E-state index contributed by atoms with van der Waals surface area (Å²) in [5.74, 6) is 2.05. The van der Waals surface area contributed by atoms with Crippen molar-refractivity contribution in [1.82, 2.24) is 20.4 Å². The molecular weight excluding hydrogens is 440 g/mol. The molecule has 7 nitrogen and oxygen atoms in total. The van der Waals surface area contributed by atoms with Gasteiger partial charge in [-0.05, 0) is 63.5 Å². The molecule has 174 valence electrons. The van der Waals surface area contributed by atoms with E-state index in [9.17, 15) is 4.79 Å². The van der Waals surface area contributed by atoms with Crippen LogP contribution in [0.3, 0.4) is 0 Å². The van der Waals surface area contributed by atoms with Crippen LogP contribution in [0.1, 0.15) is 31.2 Å². The van der Waals surface area contributed by atoms with Gasteiger partial charge < -0.3 is 14.6 Å². The van der Waals surface area contributed by atoms with E-state index in [-0.39, 0.29) is 17.9 Å². The van der Waals surface area contributed by atoms with E-state index >= 15 is 0 Å². The summed E-state index contributed by atoms with van der Waals surface area (Å²) in [4.78, 5) is 19.4. The van der Waals surface area contributed by atoms with Gasteiger partial charge in [-0.2, -0.15) is 4.98 Å². The van der Waals surface area contributed by atoms with Crippen LogP contribution in [-0.2, 0) is 11.3 Å². The Morgan fingerprint density at radius 2 is 2.03 bits per heavy atom. The average Bonchev–Trinajstić information content (AvgIpc) is 3.27. The zero-order chi connectivity index (χ0) is 23.2. The molecule has 0 saturated carbocycles. The number of piperidine rings is 1. The molecule has 2 aromatic carbocycles. The maximum atomic E-state index is 12.7. The van der Waals surface area contributed by atoms with Crippen molar-refractivity contribution >= 4 is 17.5 Å². The van der Waals surface area contributed by atoms with Crippen molar-refractivity contribution in [3.63, 3.8) is 0 Å². The Hall–Kier alpha value is -2.90. The van der Waals surface area contributed by atoms with Crippen LogP contribution in [0.4, 0.5) is 0 Å². The molecule has 1 amide bonds. The molecule has 2 heterocycles. The highest BCUT2D eigenvalue weighted by Gasteiger charge is 2.27. The monoisotopic (exact) mass is 468 g/mol. The van der Waals surface area contributed by atoms with Gasteiger partial charge in [-0.25, -0.2) is 0 Å². The lowest BCUT2D eigenvalue weighted by Gasteiger charge is -2.30. The highest BCUT2D eigenvalue weighted by molar-refractivity contribution is 6.30. The quantitative estimate of drug-likeness (QED) is 0.524. The zero-order valence-corrected chi connectivity index (χ0v) is 19.7. The number of amides is 1. The van der Waals surface area contributed by atoms with Crippen LogP contribution in [0.2, 0.25) is 5.02 Å². The molecule has 0 bridgehead atoms. The van der Waals surface area contributed by atoms with Crippen molar-refractivity contribution in [2.45, 2.75) is 39.3 Å². The maximum Gasteiger partial charge on any atom is 0.241 e. The smallest absolute Gasteiger partial charge is 0.241 e. The zero-order valence-electron chi connectivity index (χ0n) is 19.0. The summed E-state index contributed by atoms with van der Waals surface area (Å²) in [6.45, 7) is 6.61. The minimum Gasteiger partial charge on any atom is -0.491 e.